The van der Waals surface area contributed by atoms with Crippen molar-refractivity contribution in [2.24, 2.45) is 0 Å². The molecule has 2 aromatic carbocycles. The zero-order valence-electron chi connectivity index (χ0n) is 11.5. The molecule has 21 heavy (non-hydrogen) atoms. The van der Waals surface area contributed by atoms with E-state index in [1.165, 1.54) is 0 Å². The highest BCUT2D eigenvalue weighted by molar-refractivity contribution is 7.99. The third-order valence-corrected chi connectivity index (χ3v) is 4.12. The first-order valence-corrected chi connectivity index (χ1v) is 7.92. The predicted octanol–water partition coefficient (Wildman–Crippen LogP) is 4.80. The Morgan fingerprint density at radius 2 is 1.90 bits per heavy atom. The number of hydrogen-bond donors (Lipinski definition) is 1. The van der Waals surface area contributed by atoms with E-state index in [0.29, 0.717) is 11.4 Å². The molecule has 0 saturated heterocycles. The highest BCUT2D eigenvalue weighted by Crippen LogP contribution is 2.27. The van der Waals surface area contributed by atoms with Gasteiger partial charge in [-0.25, -0.2) is 0 Å². The summed E-state index contributed by atoms with van der Waals surface area (Å²) in [5, 5.41) is 3.63. The van der Waals surface area contributed by atoms with Gasteiger partial charge in [-0.15, -0.1) is 18.3 Å². The quantitative estimate of drug-likeness (QED) is 0.612. The Hall–Kier alpha value is -1.71. The topological polar surface area (TPSA) is 29.1 Å². The van der Waals surface area contributed by atoms with Crippen LogP contribution in [0, 0.1) is 0 Å². The molecule has 2 nitrogen and oxygen atoms in total. The van der Waals surface area contributed by atoms with Gasteiger partial charge in [-0.05, 0) is 29.8 Å². The molecule has 0 saturated carbocycles. The van der Waals surface area contributed by atoms with Crippen molar-refractivity contribution in [3.63, 3.8) is 0 Å². The highest BCUT2D eigenvalue weighted by Gasteiger charge is 2.07. The number of carbonyl (C=O) groups excluding carboxylic acids is 1. The summed E-state index contributed by atoms with van der Waals surface area (Å²) in [5.74, 6) is 0.772. The van der Waals surface area contributed by atoms with E-state index >= 15 is 0 Å². The third-order valence-electron chi connectivity index (χ3n) is 2.80. The second-order valence-corrected chi connectivity index (χ2v) is 5.95. The maximum Gasteiger partial charge on any atom is 0.228 e. The van der Waals surface area contributed by atoms with Gasteiger partial charge in [-0.3, -0.25) is 4.79 Å². The predicted molar refractivity (Wildman–Crippen MR) is 91.1 cm³/mol. The summed E-state index contributed by atoms with van der Waals surface area (Å²) in [4.78, 5) is 13.2. The molecule has 0 fully saturated rings. The number of nitrogens with one attached hydrogen (secondary N) is 1. The number of para-hydroxylation sites is 1. The summed E-state index contributed by atoms with van der Waals surface area (Å²) in [6, 6.07) is 15.1. The van der Waals surface area contributed by atoms with Crippen molar-refractivity contribution in [2.75, 3.05) is 11.1 Å². The number of anilines is 1. The van der Waals surface area contributed by atoms with E-state index in [9.17, 15) is 4.79 Å². The van der Waals surface area contributed by atoms with Crippen molar-refractivity contribution in [2.45, 2.75) is 11.3 Å². The van der Waals surface area contributed by atoms with Crippen molar-refractivity contribution < 1.29 is 4.79 Å². The molecule has 108 valence electrons. The lowest BCUT2D eigenvalue weighted by atomic mass is 10.1. The van der Waals surface area contributed by atoms with Crippen LogP contribution in [0.1, 0.15) is 5.56 Å². The van der Waals surface area contributed by atoms with Gasteiger partial charge in [0.25, 0.3) is 0 Å². The average Bonchev–Trinajstić information content (AvgIpc) is 2.49. The monoisotopic (exact) mass is 317 g/mol. The van der Waals surface area contributed by atoms with Crippen LogP contribution in [0.4, 0.5) is 5.69 Å². The molecule has 0 unspecified atom stereocenters. The van der Waals surface area contributed by atoms with Crippen LogP contribution in [0.25, 0.3) is 0 Å². The minimum absolute atomic E-state index is 0.0380. The number of carbonyl (C=O) groups is 1. The molecule has 1 N–H and O–H groups in total. The first-order chi connectivity index (χ1) is 10.2. The Morgan fingerprint density at radius 1 is 1.19 bits per heavy atom. The number of benzene rings is 2. The van der Waals surface area contributed by atoms with Gasteiger partial charge in [0.05, 0.1) is 12.1 Å². The van der Waals surface area contributed by atoms with Gasteiger partial charge < -0.3 is 5.32 Å². The Balaban J connectivity index is 2.02. The van der Waals surface area contributed by atoms with Gasteiger partial charge in [0.15, 0.2) is 0 Å². The highest BCUT2D eigenvalue weighted by atomic mass is 35.5. The standard InChI is InChI=1S/C17H16ClNOS/c1-2-11-21-16-6-4-3-5-15(16)19-17(20)12-13-7-9-14(18)10-8-13/h2-10H,1,11-12H2,(H,19,20). The zero-order valence-corrected chi connectivity index (χ0v) is 13.1. The molecule has 1 amide bonds. The lowest BCUT2D eigenvalue weighted by Crippen LogP contribution is -2.14. The van der Waals surface area contributed by atoms with Gasteiger partial charge >= 0.3 is 0 Å². The van der Waals surface area contributed by atoms with Crippen molar-refractivity contribution in [1.29, 1.82) is 0 Å². The molecule has 4 heteroatoms. The van der Waals surface area contributed by atoms with Crippen LogP contribution < -0.4 is 5.32 Å². The minimum Gasteiger partial charge on any atom is -0.325 e. The number of hydrogen-bond acceptors (Lipinski definition) is 2. The normalized spacial score (nSPS) is 10.1. The fourth-order valence-electron chi connectivity index (χ4n) is 1.83. The van der Waals surface area contributed by atoms with Gasteiger partial charge in [-0.2, -0.15) is 0 Å². The van der Waals surface area contributed by atoms with E-state index in [-0.39, 0.29) is 5.91 Å². The fraction of sp³-hybridized carbons (Fsp3) is 0.118. The van der Waals surface area contributed by atoms with Crippen molar-refractivity contribution in [1.82, 2.24) is 0 Å². The molecule has 0 spiro atoms. The van der Waals surface area contributed by atoms with Crippen LogP contribution in [0.15, 0.2) is 66.1 Å². The summed E-state index contributed by atoms with van der Waals surface area (Å²) in [6.07, 6.45) is 2.18. The van der Waals surface area contributed by atoms with Gasteiger partial charge in [0.1, 0.15) is 0 Å². The second-order valence-electron chi connectivity index (χ2n) is 4.45. The number of amides is 1. The Labute approximate surface area is 134 Å². The maximum atomic E-state index is 12.1. The van der Waals surface area contributed by atoms with Gasteiger partial charge in [0.2, 0.25) is 5.91 Å². The maximum absolute atomic E-state index is 12.1. The molecular formula is C17H16ClNOS. The van der Waals surface area contributed by atoms with Crippen molar-refractivity contribution in [3.05, 3.63) is 71.8 Å². The lowest BCUT2D eigenvalue weighted by Gasteiger charge is -2.10. The van der Waals surface area contributed by atoms with Crippen molar-refractivity contribution >= 4 is 35.0 Å². The number of halogens is 1. The molecule has 0 radical (unpaired) electrons. The summed E-state index contributed by atoms with van der Waals surface area (Å²) in [5.41, 5.74) is 1.77. The second kappa shape index (κ2) is 7.91. The minimum atomic E-state index is -0.0380. The summed E-state index contributed by atoms with van der Waals surface area (Å²) in [6.45, 7) is 3.71. The van der Waals surface area contributed by atoms with Crippen LogP contribution in [0.5, 0.6) is 0 Å². The van der Waals surface area contributed by atoms with E-state index < -0.39 is 0 Å². The molecule has 2 rings (SSSR count). The molecule has 2 aromatic rings. The molecule has 0 aliphatic heterocycles. The number of rotatable bonds is 6. The van der Waals surface area contributed by atoms with Gasteiger partial charge in [0, 0.05) is 15.7 Å². The van der Waals surface area contributed by atoms with Gasteiger partial charge in [-0.1, -0.05) is 41.9 Å². The van der Waals surface area contributed by atoms with Crippen LogP contribution in [0.3, 0.4) is 0 Å². The van der Waals surface area contributed by atoms with Crippen LogP contribution in [-0.4, -0.2) is 11.7 Å². The zero-order chi connectivity index (χ0) is 15.1. The number of thioether (sulfide) groups is 1. The first-order valence-electron chi connectivity index (χ1n) is 6.56. The molecule has 0 atom stereocenters. The third kappa shape index (κ3) is 4.96. The van der Waals surface area contributed by atoms with E-state index in [2.05, 4.69) is 11.9 Å². The average molecular weight is 318 g/mol. The van der Waals surface area contributed by atoms with Crippen molar-refractivity contribution in [3.8, 4) is 0 Å². The summed E-state index contributed by atoms with van der Waals surface area (Å²) >= 11 is 7.48. The molecular weight excluding hydrogens is 302 g/mol. The van der Waals surface area contributed by atoms with E-state index in [1.54, 1.807) is 23.9 Å². The SMILES string of the molecule is C=CCSc1ccccc1NC(=O)Cc1ccc(Cl)cc1. The summed E-state index contributed by atoms with van der Waals surface area (Å²) in [7, 11) is 0. The van der Waals surface area contributed by atoms with Crippen LogP contribution in [0.2, 0.25) is 5.02 Å². The fourth-order valence-corrected chi connectivity index (χ4v) is 2.70. The van der Waals surface area contributed by atoms with Crippen LogP contribution >= 0.6 is 23.4 Å². The molecule has 0 aliphatic carbocycles. The van der Waals surface area contributed by atoms with Crippen LogP contribution in [-0.2, 0) is 11.2 Å². The Bertz CT molecular complexity index is 625. The first kappa shape index (κ1) is 15.7. The summed E-state index contributed by atoms with van der Waals surface area (Å²) < 4.78 is 0. The molecule has 0 heterocycles. The Kier molecular flexibility index (Phi) is 5.90. The Morgan fingerprint density at radius 3 is 2.62 bits per heavy atom. The van der Waals surface area contributed by atoms with E-state index in [1.807, 2.05) is 42.5 Å². The molecule has 0 bridgehead atoms. The molecule has 0 aliphatic rings. The largest absolute Gasteiger partial charge is 0.325 e. The molecule has 0 aromatic heterocycles. The van der Waals surface area contributed by atoms with E-state index in [4.69, 9.17) is 11.6 Å². The van der Waals surface area contributed by atoms with E-state index in [0.717, 1.165) is 21.9 Å². The smallest absolute Gasteiger partial charge is 0.228 e. The lowest BCUT2D eigenvalue weighted by molar-refractivity contribution is -0.115.